The highest BCUT2D eigenvalue weighted by atomic mass is 16.4. The second-order valence-corrected chi connectivity index (χ2v) is 9.60. The minimum atomic E-state index is -1.04. The lowest BCUT2D eigenvalue weighted by atomic mass is 10.2. The number of phenols is 2. The van der Waals surface area contributed by atoms with Crippen molar-refractivity contribution in [2.45, 2.75) is 0 Å². The Kier molecular flexibility index (Phi) is 13.7. The van der Waals surface area contributed by atoms with Crippen molar-refractivity contribution < 1.29 is 49.5 Å². The Balaban J connectivity index is 1.96. The van der Waals surface area contributed by atoms with Crippen LogP contribution in [-0.2, 0) is 19.2 Å². The maximum Gasteiger partial charge on any atom is 0.317 e. The van der Waals surface area contributed by atoms with E-state index in [1.54, 1.807) is 19.6 Å². The highest BCUT2D eigenvalue weighted by molar-refractivity contribution is 5.94. The van der Waals surface area contributed by atoms with Crippen molar-refractivity contribution >= 4 is 29.7 Å². The van der Waals surface area contributed by atoms with Gasteiger partial charge in [-0.15, -0.1) is 0 Å². The van der Waals surface area contributed by atoms with Crippen LogP contribution in [0, 0.1) is 0 Å². The van der Waals surface area contributed by atoms with Gasteiger partial charge in [0.05, 0.1) is 26.2 Å². The van der Waals surface area contributed by atoms with Gasteiger partial charge in [-0.2, -0.15) is 0 Å². The van der Waals surface area contributed by atoms with Crippen molar-refractivity contribution in [3.05, 3.63) is 23.8 Å². The number of nitrogens with one attached hydrogen (secondary N) is 2. The Hall–Kier alpha value is -3.99. The molecule has 0 atom stereocenters. The van der Waals surface area contributed by atoms with Crippen LogP contribution in [0.1, 0.15) is 10.4 Å². The van der Waals surface area contributed by atoms with Gasteiger partial charge in [0.2, 0.25) is 5.91 Å². The summed E-state index contributed by atoms with van der Waals surface area (Å²) >= 11 is 0. The first kappa shape index (κ1) is 33.2. The van der Waals surface area contributed by atoms with Gasteiger partial charge in [-0.1, -0.05) is 0 Å². The van der Waals surface area contributed by atoms with Gasteiger partial charge >= 0.3 is 17.9 Å². The summed E-state index contributed by atoms with van der Waals surface area (Å²) in [5, 5.41) is 52.0. The molecule has 1 aliphatic heterocycles. The molecule has 7 N–H and O–H groups in total. The summed E-state index contributed by atoms with van der Waals surface area (Å²) in [6.45, 7) is 1.66. The number of carbonyl (C=O) groups excluding carboxylic acids is 2. The summed E-state index contributed by atoms with van der Waals surface area (Å²) in [6, 6.07) is 3.64. The fourth-order valence-electron chi connectivity index (χ4n) is 4.19. The van der Waals surface area contributed by atoms with E-state index in [4.69, 9.17) is 0 Å². The molecule has 2 amide bonds. The van der Waals surface area contributed by atoms with E-state index in [0.29, 0.717) is 13.1 Å². The van der Waals surface area contributed by atoms with Crippen LogP contribution in [0.3, 0.4) is 0 Å². The molecular formula is C25H38N6O10. The van der Waals surface area contributed by atoms with E-state index in [1.807, 2.05) is 0 Å². The molecule has 1 heterocycles. The van der Waals surface area contributed by atoms with Crippen LogP contribution in [0.4, 0.5) is 0 Å². The van der Waals surface area contributed by atoms with Gasteiger partial charge in [0.1, 0.15) is 0 Å². The lowest BCUT2D eigenvalue weighted by molar-refractivity contribution is -0.140. The highest BCUT2D eigenvalue weighted by Crippen LogP contribution is 2.24. The molecule has 1 fully saturated rings. The SMILES string of the molecule is O=C(O)CN1CCN(CC(=O)O)CCN(CC(=O)NCCNC(=O)c2ccc(O)c(O)c2)CCN(CC(=O)O)CC1. The third-order valence-corrected chi connectivity index (χ3v) is 6.34. The topological polar surface area (TPSA) is 224 Å². The zero-order chi connectivity index (χ0) is 30.4. The van der Waals surface area contributed by atoms with Gasteiger partial charge in [-0.25, -0.2) is 0 Å². The Morgan fingerprint density at radius 2 is 0.976 bits per heavy atom. The van der Waals surface area contributed by atoms with E-state index >= 15 is 0 Å². The van der Waals surface area contributed by atoms with Gasteiger partial charge < -0.3 is 36.2 Å². The molecule has 1 aliphatic rings. The zero-order valence-electron chi connectivity index (χ0n) is 22.7. The second kappa shape index (κ2) is 17.0. The summed E-state index contributed by atoms with van der Waals surface area (Å²) in [5.74, 6) is -4.76. The largest absolute Gasteiger partial charge is 0.504 e. The van der Waals surface area contributed by atoms with Crippen molar-refractivity contribution in [2.24, 2.45) is 0 Å². The molecule has 1 aromatic carbocycles. The Morgan fingerprint density at radius 3 is 1.37 bits per heavy atom. The lowest BCUT2D eigenvalue weighted by Crippen LogP contribution is -2.50. The number of carboxylic acid groups (broad SMARTS) is 3. The minimum Gasteiger partial charge on any atom is -0.504 e. The maximum atomic E-state index is 12.6. The van der Waals surface area contributed by atoms with Gasteiger partial charge in [0, 0.05) is 71.0 Å². The van der Waals surface area contributed by atoms with E-state index in [-0.39, 0.29) is 95.8 Å². The first-order chi connectivity index (χ1) is 19.4. The number of benzene rings is 1. The van der Waals surface area contributed by atoms with Crippen molar-refractivity contribution in [3.8, 4) is 11.5 Å². The normalized spacial score (nSPS) is 16.7. The van der Waals surface area contributed by atoms with Crippen LogP contribution in [0.15, 0.2) is 18.2 Å². The van der Waals surface area contributed by atoms with Crippen molar-refractivity contribution in [1.29, 1.82) is 0 Å². The first-order valence-electron chi connectivity index (χ1n) is 13.0. The molecular weight excluding hydrogens is 544 g/mol. The number of hydrogen-bond acceptors (Lipinski definition) is 11. The molecule has 228 valence electrons. The van der Waals surface area contributed by atoms with E-state index in [2.05, 4.69) is 10.6 Å². The number of aliphatic carboxylic acids is 3. The Bertz CT molecular complexity index is 1040. The Labute approximate surface area is 236 Å². The number of hydrogen-bond donors (Lipinski definition) is 7. The lowest BCUT2D eigenvalue weighted by Gasteiger charge is -2.32. The molecule has 0 spiro atoms. The van der Waals surface area contributed by atoms with Crippen molar-refractivity contribution in [3.63, 3.8) is 0 Å². The molecule has 0 saturated carbocycles. The third kappa shape index (κ3) is 13.3. The molecule has 1 saturated heterocycles. The predicted molar refractivity (Wildman–Crippen MR) is 144 cm³/mol. The van der Waals surface area contributed by atoms with Gasteiger partial charge in [-0.3, -0.25) is 43.6 Å². The van der Waals surface area contributed by atoms with Crippen LogP contribution in [-0.4, -0.2) is 166 Å². The molecule has 0 aromatic heterocycles. The fourth-order valence-corrected chi connectivity index (χ4v) is 4.19. The first-order valence-corrected chi connectivity index (χ1v) is 13.0. The molecule has 0 unspecified atom stereocenters. The second-order valence-electron chi connectivity index (χ2n) is 9.60. The molecule has 0 bridgehead atoms. The summed E-state index contributed by atoms with van der Waals surface area (Å²) in [7, 11) is 0. The third-order valence-electron chi connectivity index (χ3n) is 6.34. The monoisotopic (exact) mass is 582 g/mol. The Morgan fingerprint density at radius 1 is 0.585 bits per heavy atom. The quantitative estimate of drug-likeness (QED) is 0.0993. The molecule has 1 aromatic rings. The predicted octanol–water partition coefficient (Wildman–Crippen LogP) is -2.58. The number of carbonyl (C=O) groups is 5. The minimum absolute atomic E-state index is 0.0489. The molecule has 2 rings (SSSR count). The summed E-state index contributed by atoms with van der Waals surface area (Å²) in [5.41, 5.74) is 0.133. The van der Waals surface area contributed by atoms with Crippen molar-refractivity contribution in [1.82, 2.24) is 30.2 Å². The molecule has 0 aliphatic carbocycles. The fraction of sp³-hybridized carbons (Fsp3) is 0.560. The van der Waals surface area contributed by atoms with E-state index in [9.17, 15) is 49.5 Å². The molecule has 0 radical (unpaired) electrons. The van der Waals surface area contributed by atoms with Gasteiger partial charge in [-0.05, 0) is 18.2 Å². The van der Waals surface area contributed by atoms with Crippen LogP contribution in [0.2, 0.25) is 0 Å². The van der Waals surface area contributed by atoms with E-state index in [0.717, 1.165) is 6.07 Å². The summed E-state index contributed by atoms with van der Waals surface area (Å²) in [6.07, 6.45) is 0. The van der Waals surface area contributed by atoms with Crippen LogP contribution in [0.25, 0.3) is 0 Å². The number of phenolic OH excluding ortho intramolecular Hbond substituents is 2. The van der Waals surface area contributed by atoms with Crippen LogP contribution in [0.5, 0.6) is 11.5 Å². The van der Waals surface area contributed by atoms with E-state index in [1.165, 1.54) is 12.1 Å². The number of aromatic hydroxyl groups is 2. The van der Waals surface area contributed by atoms with Crippen LogP contribution >= 0.6 is 0 Å². The van der Waals surface area contributed by atoms with Gasteiger partial charge in [0.25, 0.3) is 5.91 Å². The van der Waals surface area contributed by atoms with Crippen LogP contribution < -0.4 is 10.6 Å². The molecule has 16 heteroatoms. The number of carboxylic acids is 3. The standard InChI is InChI=1S/C25H38N6O10/c32-19-2-1-18(13-20(19)33)25(41)27-4-3-26-21(34)14-28-5-7-29(15-22(35)36)9-11-31(17-24(39)40)12-10-30(8-6-28)16-23(37)38/h1-2,13,32-33H,3-12,14-17H2,(H,26,34)(H,27,41)(H,35,36)(H,37,38)(H,39,40). The number of amides is 2. The molecule has 16 nitrogen and oxygen atoms in total. The zero-order valence-corrected chi connectivity index (χ0v) is 22.7. The van der Waals surface area contributed by atoms with Crippen molar-refractivity contribution in [2.75, 3.05) is 91.6 Å². The smallest absolute Gasteiger partial charge is 0.317 e. The van der Waals surface area contributed by atoms with E-state index < -0.39 is 29.6 Å². The molecule has 41 heavy (non-hydrogen) atoms. The highest BCUT2D eigenvalue weighted by Gasteiger charge is 2.21. The number of rotatable bonds is 12. The maximum absolute atomic E-state index is 12.6. The summed E-state index contributed by atoms with van der Waals surface area (Å²) in [4.78, 5) is 65.6. The average Bonchev–Trinajstić information content (AvgIpc) is 2.88. The van der Waals surface area contributed by atoms with Gasteiger partial charge in [0.15, 0.2) is 11.5 Å². The number of nitrogens with zero attached hydrogens (tertiary/aromatic N) is 4. The average molecular weight is 583 g/mol. The summed E-state index contributed by atoms with van der Waals surface area (Å²) < 4.78 is 0.